The van der Waals surface area contributed by atoms with E-state index in [1.807, 2.05) is 4.90 Å². The standard InChI is InChI=1S/C12H17N3O4S.ClH/c1-20(18,19)10-3-2-4-15(8-10)12-13-6-9(7-14-12)5-11(16)17;/h6-7,10H,2-5,8H2,1H3,(H,16,17);1H. The van der Waals surface area contributed by atoms with E-state index in [0.29, 0.717) is 31.0 Å². The number of carbonyl (C=O) groups is 1. The molecule has 0 aliphatic carbocycles. The Balaban J connectivity index is 0.00000220. The molecule has 1 fully saturated rings. The molecule has 0 spiro atoms. The molecule has 0 radical (unpaired) electrons. The van der Waals surface area contributed by atoms with Crippen LogP contribution in [0, 0.1) is 0 Å². The van der Waals surface area contributed by atoms with Gasteiger partial charge in [0.25, 0.3) is 0 Å². The van der Waals surface area contributed by atoms with Crippen LogP contribution in [-0.2, 0) is 21.1 Å². The number of halogens is 1. The molecule has 0 amide bonds. The van der Waals surface area contributed by atoms with Crippen LogP contribution in [-0.4, -0.2) is 54.1 Å². The third kappa shape index (κ3) is 4.82. The van der Waals surface area contributed by atoms with Crippen molar-refractivity contribution < 1.29 is 18.3 Å². The second-order valence-electron chi connectivity index (χ2n) is 5.00. The van der Waals surface area contributed by atoms with E-state index in [1.165, 1.54) is 18.6 Å². The van der Waals surface area contributed by atoms with Crippen molar-refractivity contribution >= 4 is 34.2 Å². The van der Waals surface area contributed by atoms with Crippen molar-refractivity contribution in [3.63, 3.8) is 0 Å². The van der Waals surface area contributed by atoms with Crippen LogP contribution in [0.4, 0.5) is 5.95 Å². The SMILES string of the molecule is CS(=O)(=O)C1CCCN(c2ncc(CC(=O)O)cn2)C1.Cl. The van der Waals surface area contributed by atoms with E-state index in [2.05, 4.69) is 9.97 Å². The van der Waals surface area contributed by atoms with Crippen LogP contribution in [0.2, 0.25) is 0 Å². The smallest absolute Gasteiger partial charge is 0.307 e. The molecule has 1 atom stereocenters. The van der Waals surface area contributed by atoms with Gasteiger partial charge in [-0.1, -0.05) is 0 Å². The number of sulfone groups is 1. The second-order valence-corrected chi connectivity index (χ2v) is 7.33. The fourth-order valence-corrected chi connectivity index (χ4v) is 3.29. The number of anilines is 1. The zero-order chi connectivity index (χ0) is 14.8. The Labute approximate surface area is 129 Å². The predicted octanol–water partition coefficient (Wildman–Crippen LogP) is 0.539. The first kappa shape index (κ1) is 17.6. The van der Waals surface area contributed by atoms with Crippen LogP contribution in [0.5, 0.6) is 0 Å². The molecule has 2 rings (SSSR count). The topological polar surface area (TPSA) is 100 Å². The molecule has 1 aromatic rings. The van der Waals surface area contributed by atoms with Gasteiger partial charge in [0, 0.05) is 37.3 Å². The van der Waals surface area contributed by atoms with Gasteiger partial charge in [-0.15, -0.1) is 12.4 Å². The van der Waals surface area contributed by atoms with Crippen LogP contribution in [0.3, 0.4) is 0 Å². The van der Waals surface area contributed by atoms with Crippen molar-refractivity contribution in [2.75, 3.05) is 24.2 Å². The minimum absolute atomic E-state index is 0. The maximum absolute atomic E-state index is 11.6. The lowest BCUT2D eigenvalue weighted by Crippen LogP contribution is -2.42. The van der Waals surface area contributed by atoms with Gasteiger partial charge in [-0.2, -0.15) is 0 Å². The highest BCUT2D eigenvalue weighted by Gasteiger charge is 2.28. The van der Waals surface area contributed by atoms with Crippen molar-refractivity contribution in [1.29, 1.82) is 0 Å². The van der Waals surface area contributed by atoms with E-state index in [9.17, 15) is 13.2 Å². The Morgan fingerprint density at radius 2 is 2.05 bits per heavy atom. The number of nitrogens with zero attached hydrogens (tertiary/aromatic N) is 3. The van der Waals surface area contributed by atoms with Gasteiger partial charge < -0.3 is 10.0 Å². The first-order valence-corrected chi connectivity index (χ1v) is 8.28. The Morgan fingerprint density at radius 1 is 1.43 bits per heavy atom. The number of carboxylic acids is 1. The van der Waals surface area contributed by atoms with Gasteiger partial charge in [0.2, 0.25) is 5.95 Å². The molecule has 1 aliphatic heterocycles. The Hall–Kier alpha value is -1.41. The molecular weight excluding hydrogens is 318 g/mol. The normalized spacial score (nSPS) is 18.9. The number of rotatable bonds is 4. The first-order valence-electron chi connectivity index (χ1n) is 6.33. The van der Waals surface area contributed by atoms with E-state index in [4.69, 9.17) is 5.11 Å². The largest absolute Gasteiger partial charge is 0.481 e. The van der Waals surface area contributed by atoms with Crippen molar-refractivity contribution in [1.82, 2.24) is 9.97 Å². The summed E-state index contributed by atoms with van der Waals surface area (Å²) in [7, 11) is -3.07. The van der Waals surface area contributed by atoms with Crippen molar-refractivity contribution in [2.45, 2.75) is 24.5 Å². The van der Waals surface area contributed by atoms with Gasteiger partial charge in [0.1, 0.15) is 0 Å². The summed E-state index contributed by atoms with van der Waals surface area (Å²) >= 11 is 0. The third-order valence-electron chi connectivity index (χ3n) is 3.31. The third-order valence-corrected chi connectivity index (χ3v) is 4.91. The van der Waals surface area contributed by atoms with Gasteiger partial charge in [-0.25, -0.2) is 18.4 Å². The molecule has 1 N–H and O–H groups in total. The van der Waals surface area contributed by atoms with Crippen LogP contribution in [0.1, 0.15) is 18.4 Å². The summed E-state index contributed by atoms with van der Waals surface area (Å²) in [4.78, 5) is 20.7. The van der Waals surface area contributed by atoms with Gasteiger partial charge in [0.05, 0.1) is 11.7 Å². The zero-order valence-electron chi connectivity index (χ0n) is 11.6. The molecule has 2 heterocycles. The molecule has 0 aromatic carbocycles. The molecule has 1 aromatic heterocycles. The minimum atomic E-state index is -3.07. The molecule has 7 nitrogen and oxygen atoms in total. The molecule has 1 aliphatic rings. The molecule has 1 unspecified atom stereocenters. The number of piperidine rings is 1. The number of carboxylic acid groups (broad SMARTS) is 1. The predicted molar refractivity (Wildman–Crippen MR) is 80.7 cm³/mol. The monoisotopic (exact) mass is 335 g/mol. The number of aliphatic carboxylic acids is 1. The summed E-state index contributed by atoms with van der Waals surface area (Å²) in [6.45, 7) is 1.10. The Kier molecular flexibility index (Phi) is 5.91. The zero-order valence-corrected chi connectivity index (χ0v) is 13.2. The summed E-state index contributed by atoms with van der Waals surface area (Å²) in [5, 5.41) is 8.29. The van der Waals surface area contributed by atoms with Crippen LogP contribution >= 0.6 is 12.4 Å². The van der Waals surface area contributed by atoms with Gasteiger partial charge in [0.15, 0.2) is 9.84 Å². The van der Waals surface area contributed by atoms with Crippen LogP contribution in [0.15, 0.2) is 12.4 Å². The van der Waals surface area contributed by atoms with E-state index in [-0.39, 0.29) is 18.8 Å². The highest BCUT2D eigenvalue weighted by molar-refractivity contribution is 7.91. The number of aromatic nitrogens is 2. The average Bonchev–Trinajstić information content (AvgIpc) is 2.38. The summed E-state index contributed by atoms with van der Waals surface area (Å²) in [6, 6.07) is 0. The number of hydrogen-bond donors (Lipinski definition) is 1. The molecule has 1 saturated heterocycles. The molecule has 21 heavy (non-hydrogen) atoms. The summed E-state index contributed by atoms with van der Waals surface area (Å²) in [6.07, 6.45) is 5.51. The Morgan fingerprint density at radius 3 is 2.57 bits per heavy atom. The first-order chi connectivity index (χ1) is 9.36. The maximum atomic E-state index is 11.6. The van der Waals surface area contributed by atoms with Crippen molar-refractivity contribution in [3.05, 3.63) is 18.0 Å². The van der Waals surface area contributed by atoms with Crippen molar-refractivity contribution in [2.24, 2.45) is 0 Å². The average molecular weight is 336 g/mol. The lowest BCUT2D eigenvalue weighted by Gasteiger charge is -2.31. The number of hydrogen-bond acceptors (Lipinski definition) is 6. The minimum Gasteiger partial charge on any atom is -0.481 e. The Bertz CT molecular complexity index is 591. The quantitative estimate of drug-likeness (QED) is 0.856. The maximum Gasteiger partial charge on any atom is 0.307 e. The summed E-state index contributed by atoms with van der Waals surface area (Å²) in [5.74, 6) is -0.482. The highest BCUT2D eigenvalue weighted by atomic mass is 35.5. The van der Waals surface area contributed by atoms with Gasteiger partial charge >= 0.3 is 5.97 Å². The fraction of sp³-hybridized carbons (Fsp3) is 0.583. The molecule has 0 bridgehead atoms. The fourth-order valence-electron chi connectivity index (χ4n) is 2.25. The highest BCUT2D eigenvalue weighted by Crippen LogP contribution is 2.20. The van der Waals surface area contributed by atoms with E-state index in [0.717, 1.165) is 6.42 Å². The van der Waals surface area contributed by atoms with Gasteiger partial charge in [-0.05, 0) is 12.8 Å². The molecule has 9 heteroatoms. The van der Waals surface area contributed by atoms with E-state index >= 15 is 0 Å². The van der Waals surface area contributed by atoms with Crippen molar-refractivity contribution in [3.8, 4) is 0 Å². The van der Waals surface area contributed by atoms with E-state index in [1.54, 1.807) is 0 Å². The second kappa shape index (κ2) is 7.04. The van der Waals surface area contributed by atoms with Crippen LogP contribution in [0.25, 0.3) is 0 Å². The lowest BCUT2D eigenvalue weighted by atomic mass is 10.1. The van der Waals surface area contributed by atoms with Crippen LogP contribution < -0.4 is 4.90 Å². The van der Waals surface area contributed by atoms with E-state index < -0.39 is 21.1 Å². The lowest BCUT2D eigenvalue weighted by molar-refractivity contribution is -0.136. The molecule has 0 saturated carbocycles. The summed E-state index contributed by atoms with van der Waals surface area (Å²) < 4.78 is 23.2. The molecule has 118 valence electrons. The molecular formula is C12H18ClN3O4S. The van der Waals surface area contributed by atoms with Gasteiger partial charge in [-0.3, -0.25) is 4.79 Å². The summed E-state index contributed by atoms with van der Waals surface area (Å²) in [5.41, 5.74) is 0.526.